The Hall–Kier alpha value is -2.81. The molecule has 3 rings (SSSR count). The van der Waals surface area contributed by atoms with Gasteiger partial charge in [0, 0.05) is 0 Å². The third kappa shape index (κ3) is 5.63. The van der Waals surface area contributed by atoms with Gasteiger partial charge in [0.25, 0.3) is 15.9 Å². The molecule has 0 radical (unpaired) electrons. The lowest BCUT2D eigenvalue weighted by molar-refractivity contribution is -0.118. The van der Waals surface area contributed by atoms with Gasteiger partial charge in [0.1, 0.15) is 11.6 Å². The number of nitrogens with one attached hydrogen (secondary N) is 2. The van der Waals surface area contributed by atoms with Gasteiger partial charge < -0.3 is 10.1 Å². The molecule has 3 aromatic carbocycles. The molecule has 30 heavy (non-hydrogen) atoms. The van der Waals surface area contributed by atoms with Crippen molar-refractivity contribution in [3.63, 3.8) is 0 Å². The molecular weight excluding hydrogens is 454 g/mol. The first kappa shape index (κ1) is 21.9. The monoisotopic (exact) mass is 468 g/mol. The minimum Gasteiger partial charge on any atom is -0.484 e. The van der Waals surface area contributed by atoms with Crippen LogP contribution < -0.4 is 14.8 Å². The second-order valence-corrected chi connectivity index (χ2v) is 8.52. The molecule has 0 aliphatic rings. The zero-order chi connectivity index (χ0) is 21.7. The minimum absolute atomic E-state index is 0.0169. The van der Waals surface area contributed by atoms with Crippen LogP contribution in [0.1, 0.15) is 0 Å². The van der Waals surface area contributed by atoms with E-state index in [2.05, 4.69) is 10.0 Å². The molecule has 0 spiro atoms. The molecule has 0 atom stereocenters. The van der Waals surface area contributed by atoms with Gasteiger partial charge in [-0.15, -0.1) is 0 Å². The highest BCUT2D eigenvalue weighted by Gasteiger charge is 2.15. The van der Waals surface area contributed by atoms with E-state index in [-0.39, 0.29) is 33.6 Å². The molecule has 0 heterocycles. The smallest absolute Gasteiger partial charge is 0.262 e. The van der Waals surface area contributed by atoms with Gasteiger partial charge in [0.2, 0.25) is 0 Å². The fourth-order valence-corrected chi connectivity index (χ4v) is 3.73. The first-order chi connectivity index (χ1) is 14.2. The predicted molar refractivity (Wildman–Crippen MR) is 114 cm³/mol. The number of benzene rings is 3. The third-order valence-corrected chi connectivity index (χ3v) is 5.96. The highest BCUT2D eigenvalue weighted by molar-refractivity contribution is 7.92. The Labute approximate surface area is 182 Å². The number of sulfonamides is 1. The van der Waals surface area contributed by atoms with E-state index in [1.807, 2.05) is 0 Å². The van der Waals surface area contributed by atoms with Crippen LogP contribution in [0.5, 0.6) is 5.75 Å². The Morgan fingerprint density at radius 1 is 0.967 bits per heavy atom. The molecule has 156 valence electrons. The Kier molecular flexibility index (Phi) is 6.81. The molecular formula is C20H15Cl2FN2O4S. The highest BCUT2D eigenvalue weighted by atomic mass is 35.5. The largest absolute Gasteiger partial charge is 0.484 e. The minimum atomic E-state index is -3.86. The molecule has 0 saturated carbocycles. The molecule has 6 nitrogen and oxygen atoms in total. The molecule has 1 amide bonds. The van der Waals surface area contributed by atoms with E-state index in [4.69, 9.17) is 27.9 Å². The first-order valence-corrected chi connectivity index (χ1v) is 10.7. The average molecular weight is 469 g/mol. The Bertz CT molecular complexity index is 1170. The van der Waals surface area contributed by atoms with Gasteiger partial charge in [-0.1, -0.05) is 35.3 Å². The van der Waals surface area contributed by atoms with E-state index in [9.17, 15) is 17.6 Å². The Balaban J connectivity index is 1.60. The van der Waals surface area contributed by atoms with Crippen LogP contribution in [0.2, 0.25) is 10.0 Å². The van der Waals surface area contributed by atoms with Crippen LogP contribution in [0.25, 0.3) is 0 Å². The fraction of sp³-hybridized carbons (Fsp3) is 0.0500. The van der Waals surface area contributed by atoms with E-state index < -0.39 is 21.7 Å². The summed E-state index contributed by atoms with van der Waals surface area (Å²) < 4.78 is 46.2. The van der Waals surface area contributed by atoms with Crippen LogP contribution in [0.15, 0.2) is 71.6 Å². The summed E-state index contributed by atoms with van der Waals surface area (Å²) in [4.78, 5) is 11.9. The number of carbonyl (C=O) groups is 1. The molecule has 3 aromatic rings. The van der Waals surface area contributed by atoms with E-state index in [0.29, 0.717) is 5.02 Å². The maximum Gasteiger partial charge on any atom is 0.262 e. The van der Waals surface area contributed by atoms with Gasteiger partial charge in [-0.3, -0.25) is 9.52 Å². The summed E-state index contributed by atoms with van der Waals surface area (Å²) in [6.45, 7) is -0.373. The number of hydrogen-bond donors (Lipinski definition) is 2. The SMILES string of the molecule is O=C(COc1ccc(S(=O)(=O)Nc2ccc(Cl)c(Cl)c2)cc1)Nc1ccccc1F. The maximum atomic E-state index is 13.5. The summed E-state index contributed by atoms with van der Waals surface area (Å²) in [5.74, 6) is -0.847. The van der Waals surface area contributed by atoms with Gasteiger partial charge in [0.15, 0.2) is 6.61 Å². The lowest BCUT2D eigenvalue weighted by Crippen LogP contribution is -2.20. The molecule has 0 aromatic heterocycles. The second kappa shape index (κ2) is 9.34. The Morgan fingerprint density at radius 2 is 1.67 bits per heavy atom. The van der Waals surface area contributed by atoms with E-state index in [0.717, 1.165) is 0 Å². The number of halogens is 3. The topological polar surface area (TPSA) is 84.5 Å². The molecule has 2 N–H and O–H groups in total. The number of amides is 1. The van der Waals surface area contributed by atoms with Crippen molar-refractivity contribution in [3.8, 4) is 5.75 Å². The van der Waals surface area contributed by atoms with Crippen molar-refractivity contribution in [3.05, 3.63) is 82.6 Å². The Morgan fingerprint density at radius 3 is 2.33 bits per heavy atom. The quantitative estimate of drug-likeness (QED) is 0.513. The van der Waals surface area contributed by atoms with Gasteiger partial charge >= 0.3 is 0 Å². The van der Waals surface area contributed by atoms with Gasteiger partial charge in [-0.05, 0) is 54.6 Å². The summed E-state index contributed by atoms with van der Waals surface area (Å²) in [6.07, 6.45) is 0. The van der Waals surface area contributed by atoms with Crippen LogP contribution in [0, 0.1) is 5.82 Å². The molecule has 0 fully saturated rings. The van der Waals surface area contributed by atoms with Crippen molar-refractivity contribution in [2.45, 2.75) is 4.90 Å². The van der Waals surface area contributed by atoms with Crippen molar-refractivity contribution in [1.82, 2.24) is 0 Å². The molecule has 0 saturated heterocycles. The lowest BCUT2D eigenvalue weighted by Gasteiger charge is -2.11. The van der Waals surface area contributed by atoms with Crippen molar-refractivity contribution < 1.29 is 22.3 Å². The predicted octanol–water partition coefficient (Wildman–Crippen LogP) is 4.95. The third-order valence-electron chi connectivity index (χ3n) is 3.82. The van der Waals surface area contributed by atoms with Gasteiger partial charge in [0.05, 0.1) is 26.3 Å². The number of anilines is 2. The zero-order valence-electron chi connectivity index (χ0n) is 15.2. The van der Waals surface area contributed by atoms with Crippen molar-refractivity contribution in [1.29, 1.82) is 0 Å². The first-order valence-electron chi connectivity index (χ1n) is 8.50. The maximum absolute atomic E-state index is 13.5. The van der Waals surface area contributed by atoms with E-state index >= 15 is 0 Å². The molecule has 10 heteroatoms. The molecule has 0 aliphatic carbocycles. The van der Waals surface area contributed by atoms with Crippen molar-refractivity contribution in [2.24, 2.45) is 0 Å². The summed E-state index contributed by atoms with van der Waals surface area (Å²) in [5, 5.41) is 2.91. The van der Waals surface area contributed by atoms with Crippen LogP contribution in [-0.2, 0) is 14.8 Å². The summed E-state index contributed by atoms with van der Waals surface area (Å²) >= 11 is 11.7. The summed E-state index contributed by atoms with van der Waals surface area (Å²) in [7, 11) is -3.86. The van der Waals surface area contributed by atoms with Crippen molar-refractivity contribution in [2.75, 3.05) is 16.6 Å². The van der Waals surface area contributed by atoms with E-state index in [1.54, 1.807) is 6.07 Å². The lowest BCUT2D eigenvalue weighted by atomic mass is 10.3. The number of rotatable bonds is 7. The standard InChI is InChI=1S/C20H15Cl2FN2O4S/c21-16-10-5-13(11-17(16)22)25-30(27,28)15-8-6-14(7-9-15)29-12-20(26)24-19-4-2-1-3-18(19)23/h1-11,25H,12H2,(H,24,26). The summed E-state index contributed by atoms with van der Waals surface area (Å²) in [5.41, 5.74) is 0.301. The van der Waals surface area contributed by atoms with Gasteiger partial charge in [-0.2, -0.15) is 0 Å². The van der Waals surface area contributed by atoms with Crippen LogP contribution in [0.4, 0.5) is 15.8 Å². The average Bonchev–Trinajstić information content (AvgIpc) is 2.71. The van der Waals surface area contributed by atoms with E-state index in [1.165, 1.54) is 60.7 Å². The summed E-state index contributed by atoms with van der Waals surface area (Å²) in [6, 6.07) is 15.6. The number of carbonyl (C=O) groups excluding carboxylic acids is 1. The molecule has 0 aliphatic heterocycles. The van der Waals surface area contributed by atoms with Crippen LogP contribution in [-0.4, -0.2) is 20.9 Å². The number of para-hydroxylation sites is 1. The zero-order valence-corrected chi connectivity index (χ0v) is 17.6. The fourth-order valence-electron chi connectivity index (χ4n) is 2.39. The number of hydrogen-bond acceptors (Lipinski definition) is 4. The normalized spacial score (nSPS) is 11.0. The number of ether oxygens (including phenoxy) is 1. The molecule has 0 unspecified atom stereocenters. The highest BCUT2D eigenvalue weighted by Crippen LogP contribution is 2.27. The van der Waals surface area contributed by atoms with Crippen LogP contribution in [0.3, 0.4) is 0 Å². The van der Waals surface area contributed by atoms with Crippen molar-refractivity contribution >= 4 is 50.5 Å². The second-order valence-electron chi connectivity index (χ2n) is 6.02. The molecule has 0 bridgehead atoms. The van der Waals surface area contributed by atoms with Gasteiger partial charge in [-0.25, -0.2) is 12.8 Å². The van der Waals surface area contributed by atoms with Crippen LogP contribution >= 0.6 is 23.2 Å².